The molecule has 4 nitrogen and oxygen atoms in total. The summed E-state index contributed by atoms with van der Waals surface area (Å²) in [5.41, 5.74) is 6.10. The van der Waals surface area contributed by atoms with Crippen molar-refractivity contribution in [1.82, 2.24) is 9.80 Å². The van der Waals surface area contributed by atoms with Gasteiger partial charge in [0.2, 0.25) is 5.91 Å². The maximum absolute atomic E-state index is 12.4. The summed E-state index contributed by atoms with van der Waals surface area (Å²) in [6.45, 7) is 7.18. The van der Waals surface area contributed by atoms with E-state index in [1.807, 2.05) is 4.90 Å². The van der Waals surface area contributed by atoms with Crippen molar-refractivity contribution in [3.8, 4) is 0 Å². The number of likely N-dealkylation sites (tertiary alicyclic amines) is 2. The van der Waals surface area contributed by atoms with Crippen LogP contribution in [-0.2, 0) is 4.79 Å². The Labute approximate surface area is 117 Å². The fourth-order valence-corrected chi connectivity index (χ4v) is 3.56. The molecule has 2 fully saturated rings. The van der Waals surface area contributed by atoms with Crippen molar-refractivity contribution in [2.24, 2.45) is 17.6 Å². The summed E-state index contributed by atoms with van der Waals surface area (Å²) in [4.78, 5) is 16.9. The highest BCUT2D eigenvalue weighted by Gasteiger charge is 2.37. The fourth-order valence-electron chi connectivity index (χ4n) is 3.56. The summed E-state index contributed by atoms with van der Waals surface area (Å²) in [7, 11) is 2.22. The van der Waals surface area contributed by atoms with Crippen LogP contribution >= 0.6 is 0 Å². The smallest absolute Gasteiger partial charge is 0.239 e. The van der Waals surface area contributed by atoms with E-state index in [0.29, 0.717) is 12.0 Å². The van der Waals surface area contributed by atoms with E-state index in [1.165, 1.54) is 19.4 Å². The molecule has 4 unspecified atom stereocenters. The highest BCUT2D eigenvalue weighted by atomic mass is 16.2. The van der Waals surface area contributed by atoms with E-state index in [1.54, 1.807) is 0 Å². The minimum atomic E-state index is -0.317. The molecule has 2 aliphatic heterocycles. The predicted octanol–water partition coefficient (Wildman–Crippen LogP) is 1.30. The second-order valence-electron chi connectivity index (χ2n) is 6.43. The van der Waals surface area contributed by atoms with Crippen molar-refractivity contribution in [2.75, 3.05) is 26.7 Å². The third-order valence-electron chi connectivity index (χ3n) is 5.20. The van der Waals surface area contributed by atoms with Crippen molar-refractivity contribution >= 4 is 5.91 Å². The Bertz CT molecular complexity index is 321. The number of hydrogen-bond donors (Lipinski definition) is 1. The lowest BCUT2D eigenvalue weighted by Crippen LogP contribution is -2.57. The van der Waals surface area contributed by atoms with Gasteiger partial charge in [-0.2, -0.15) is 0 Å². The molecule has 0 aromatic heterocycles. The molecule has 0 bridgehead atoms. The first-order valence-corrected chi connectivity index (χ1v) is 7.79. The first-order chi connectivity index (χ1) is 9.04. The van der Waals surface area contributed by atoms with E-state index in [9.17, 15) is 4.79 Å². The van der Waals surface area contributed by atoms with E-state index in [2.05, 4.69) is 25.8 Å². The standard InChI is InChI=1S/C15H29N3O/c1-4-11(2)14(16)15(19)18-9-7-13-12(10-18)6-5-8-17(13)3/h11-14H,4-10,16H2,1-3H3. The summed E-state index contributed by atoms with van der Waals surface area (Å²) < 4.78 is 0. The van der Waals surface area contributed by atoms with Gasteiger partial charge < -0.3 is 15.5 Å². The molecule has 110 valence electrons. The fraction of sp³-hybridized carbons (Fsp3) is 0.933. The second-order valence-corrected chi connectivity index (χ2v) is 6.43. The molecule has 1 amide bonds. The summed E-state index contributed by atoms with van der Waals surface area (Å²) in [5.74, 6) is 1.10. The molecule has 19 heavy (non-hydrogen) atoms. The maximum atomic E-state index is 12.4. The molecule has 4 atom stereocenters. The van der Waals surface area contributed by atoms with Gasteiger partial charge in [0, 0.05) is 19.1 Å². The monoisotopic (exact) mass is 267 g/mol. The third-order valence-corrected chi connectivity index (χ3v) is 5.20. The van der Waals surface area contributed by atoms with Gasteiger partial charge in [0.05, 0.1) is 6.04 Å². The van der Waals surface area contributed by atoms with E-state index in [0.717, 1.165) is 25.9 Å². The van der Waals surface area contributed by atoms with E-state index in [4.69, 9.17) is 5.73 Å². The van der Waals surface area contributed by atoms with Gasteiger partial charge in [-0.25, -0.2) is 0 Å². The molecule has 0 aliphatic carbocycles. The lowest BCUT2D eigenvalue weighted by molar-refractivity contribution is -0.137. The van der Waals surface area contributed by atoms with Crippen LogP contribution in [0.1, 0.15) is 39.5 Å². The number of rotatable bonds is 3. The Hall–Kier alpha value is -0.610. The Morgan fingerprint density at radius 1 is 1.37 bits per heavy atom. The molecular weight excluding hydrogens is 238 g/mol. The van der Waals surface area contributed by atoms with Crippen LogP contribution in [0.2, 0.25) is 0 Å². The molecule has 2 heterocycles. The van der Waals surface area contributed by atoms with Crippen LogP contribution in [0, 0.1) is 11.8 Å². The number of piperidine rings is 2. The molecule has 2 saturated heterocycles. The number of nitrogens with two attached hydrogens (primary N) is 1. The van der Waals surface area contributed by atoms with E-state index >= 15 is 0 Å². The van der Waals surface area contributed by atoms with Gasteiger partial charge in [0.15, 0.2) is 0 Å². The van der Waals surface area contributed by atoms with Gasteiger partial charge >= 0.3 is 0 Å². The number of carbonyl (C=O) groups is 1. The van der Waals surface area contributed by atoms with Crippen LogP contribution in [-0.4, -0.2) is 54.5 Å². The van der Waals surface area contributed by atoms with Gasteiger partial charge in [-0.3, -0.25) is 4.79 Å². The van der Waals surface area contributed by atoms with Crippen molar-refractivity contribution in [1.29, 1.82) is 0 Å². The van der Waals surface area contributed by atoms with Crippen LogP contribution in [0.4, 0.5) is 0 Å². The van der Waals surface area contributed by atoms with Crippen molar-refractivity contribution in [3.05, 3.63) is 0 Å². The first-order valence-electron chi connectivity index (χ1n) is 7.79. The predicted molar refractivity (Wildman–Crippen MR) is 77.8 cm³/mol. The van der Waals surface area contributed by atoms with Crippen LogP contribution in [0.3, 0.4) is 0 Å². The lowest BCUT2D eigenvalue weighted by Gasteiger charge is -2.46. The van der Waals surface area contributed by atoms with E-state index in [-0.39, 0.29) is 17.9 Å². The molecule has 0 aromatic carbocycles. The van der Waals surface area contributed by atoms with E-state index < -0.39 is 0 Å². The lowest BCUT2D eigenvalue weighted by atomic mass is 9.83. The Kier molecular flexibility index (Phi) is 4.85. The number of amides is 1. The van der Waals surface area contributed by atoms with Gasteiger partial charge in [-0.15, -0.1) is 0 Å². The zero-order valence-electron chi connectivity index (χ0n) is 12.6. The summed E-state index contributed by atoms with van der Waals surface area (Å²) in [6, 6.07) is 0.362. The molecule has 0 saturated carbocycles. The van der Waals surface area contributed by atoms with Gasteiger partial charge in [-0.1, -0.05) is 20.3 Å². The number of carbonyl (C=O) groups excluding carboxylic acids is 1. The number of fused-ring (bicyclic) bond motifs is 1. The quantitative estimate of drug-likeness (QED) is 0.838. The molecule has 4 heteroatoms. The van der Waals surface area contributed by atoms with Gasteiger partial charge in [0.1, 0.15) is 0 Å². The summed E-state index contributed by atoms with van der Waals surface area (Å²) >= 11 is 0. The van der Waals surface area contributed by atoms with Crippen LogP contribution in [0.5, 0.6) is 0 Å². The average molecular weight is 267 g/mol. The SMILES string of the molecule is CCC(C)C(N)C(=O)N1CCC2C(CCCN2C)C1. The maximum Gasteiger partial charge on any atom is 0.239 e. The number of nitrogens with zero attached hydrogens (tertiary/aromatic N) is 2. The third kappa shape index (κ3) is 3.11. The molecule has 2 aliphatic rings. The van der Waals surface area contributed by atoms with Crippen LogP contribution in [0.25, 0.3) is 0 Å². The number of hydrogen-bond acceptors (Lipinski definition) is 3. The second kappa shape index (κ2) is 6.23. The minimum absolute atomic E-state index is 0.168. The zero-order valence-corrected chi connectivity index (χ0v) is 12.6. The van der Waals surface area contributed by atoms with Crippen LogP contribution in [0.15, 0.2) is 0 Å². The molecular formula is C15H29N3O. The molecule has 0 spiro atoms. The molecule has 2 rings (SSSR count). The van der Waals surface area contributed by atoms with Gasteiger partial charge in [-0.05, 0) is 44.7 Å². The highest BCUT2D eigenvalue weighted by Crippen LogP contribution is 2.30. The largest absolute Gasteiger partial charge is 0.341 e. The molecule has 0 radical (unpaired) electrons. The van der Waals surface area contributed by atoms with Crippen molar-refractivity contribution < 1.29 is 4.79 Å². The Morgan fingerprint density at radius 2 is 2.11 bits per heavy atom. The summed E-state index contributed by atoms with van der Waals surface area (Å²) in [6.07, 6.45) is 4.60. The zero-order chi connectivity index (χ0) is 14.0. The van der Waals surface area contributed by atoms with Crippen molar-refractivity contribution in [2.45, 2.75) is 51.6 Å². The van der Waals surface area contributed by atoms with Crippen LogP contribution < -0.4 is 5.73 Å². The molecule has 0 aromatic rings. The summed E-state index contributed by atoms with van der Waals surface area (Å²) in [5, 5.41) is 0. The minimum Gasteiger partial charge on any atom is -0.341 e. The highest BCUT2D eigenvalue weighted by molar-refractivity contribution is 5.82. The average Bonchev–Trinajstić information content (AvgIpc) is 2.44. The van der Waals surface area contributed by atoms with Crippen molar-refractivity contribution in [3.63, 3.8) is 0 Å². The molecule has 2 N–H and O–H groups in total. The Morgan fingerprint density at radius 3 is 2.79 bits per heavy atom. The first kappa shape index (κ1) is 14.8. The topological polar surface area (TPSA) is 49.6 Å². The van der Waals surface area contributed by atoms with Gasteiger partial charge in [0.25, 0.3) is 0 Å². The normalized spacial score (nSPS) is 31.7. The Balaban J connectivity index is 1.95.